The number of aliphatic carboxylic acids is 1. The monoisotopic (exact) mass is 386 g/mol. The molecule has 0 aromatic rings. The van der Waals surface area contributed by atoms with Crippen LogP contribution < -0.4 is 0 Å². The minimum Gasteiger partial charge on any atom is -0.481 e. The number of alkyl halides is 11. The van der Waals surface area contributed by atoms with Crippen LogP contribution in [0.1, 0.15) is 12.8 Å². The molecule has 0 heterocycles. The summed E-state index contributed by atoms with van der Waals surface area (Å²) in [7, 11) is 0. The summed E-state index contributed by atoms with van der Waals surface area (Å²) >= 11 is 0. The van der Waals surface area contributed by atoms with Crippen molar-refractivity contribution in [1.82, 2.24) is 0 Å². The summed E-state index contributed by atoms with van der Waals surface area (Å²) in [5.74, 6) is -29.4. The molecule has 0 rings (SSSR count). The molecule has 0 aromatic carbocycles. The highest BCUT2D eigenvalue weighted by molar-refractivity contribution is 5.66. The maximum Gasteiger partial charge on any atom is 0.460 e. The van der Waals surface area contributed by atoms with Crippen molar-refractivity contribution in [2.45, 2.75) is 42.7 Å². The second-order valence-electron chi connectivity index (χ2n) is 4.43. The third-order valence-corrected chi connectivity index (χ3v) is 2.62. The summed E-state index contributed by atoms with van der Waals surface area (Å²) in [6, 6.07) is 0. The molecule has 0 spiro atoms. The molecule has 144 valence electrons. The van der Waals surface area contributed by atoms with E-state index in [1.54, 1.807) is 0 Å². The van der Waals surface area contributed by atoms with Gasteiger partial charge in [-0.15, -0.1) is 0 Å². The Labute approximate surface area is 126 Å². The SMILES string of the molecule is O=C(O)CCOCCC(F)(F)C(F)(F)C(F)(F)C(F)(F)C(F)(F)F. The van der Waals surface area contributed by atoms with E-state index in [2.05, 4.69) is 4.74 Å². The van der Waals surface area contributed by atoms with E-state index < -0.39 is 61.9 Å². The van der Waals surface area contributed by atoms with Crippen molar-refractivity contribution in [1.29, 1.82) is 0 Å². The normalized spacial score (nSPS) is 14.8. The first-order chi connectivity index (χ1) is 10.4. The lowest BCUT2D eigenvalue weighted by Crippen LogP contribution is -2.66. The lowest BCUT2D eigenvalue weighted by molar-refractivity contribution is -0.422. The van der Waals surface area contributed by atoms with Gasteiger partial charge in [-0.25, -0.2) is 0 Å². The fourth-order valence-electron chi connectivity index (χ4n) is 1.22. The standard InChI is InChI=1S/C10H9F11O3/c11-6(12,2-4-24-3-1-5(22)23)7(13,14)8(15,16)9(17,18)10(19,20)21/h1-4H2,(H,22,23). The van der Waals surface area contributed by atoms with Crippen molar-refractivity contribution in [2.75, 3.05) is 13.2 Å². The van der Waals surface area contributed by atoms with Crippen LogP contribution in [0.5, 0.6) is 0 Å². The van der Waals surface area contributed by atoms with E-state index in [0.29, 0.717) is 0 Å². The average Bonchev–Trinajstić information content (AvgIpc) is 2.35. The zero-order chi connectivity index (χ0) is 19.6. The number of carboxylic acids is 1. The van der Waals surface area contributed by atoms with Crippen LogP contribution in [0.3, 0.4) is 0 Å². The van der Waals surface area contributed by atoms with Gasteiger partial charge >= 0.3 is 35.8 Å². The molecule has 0 bridgehead atoms. The number of carbonyl (C=O) groups is 1. The fourth-order valence-corrected chi connectivity index (χ4v) is 1.22. The maximum atomic E-state index is 13.1. The van der Waals surface area contributed by atoms with Gasteiger partial charge in [-0.05, 0) is 0 Å². The van der Waals surface area contributed by atoms with E-state index in [4.69, 9.17) is 5.11 Å². The molecule has 0 fully saturated rings. The van der Waals surface area contributed by atoms with Crippen LogP contribution >= 0.6 is 0 Å². The van der Waals surface area contributed by atoms with Crippen LogP contribution in [0.4, 0.5) is 48.3 Å². The van der Waals surface area contributed by atoms with Crippen molar-refractivity contribution < 1.29 is 62.9 Å². The second kappa shape index (κ2) is 6.88. The van der Waals surface area contributed by atoms with Gasteiger partial charge in [0.05, 0.1) is 19.6 Å². The van der Waals surface area contributed by atoms with Crippen molar-refractivity contribution in [3.05, 3.63) is 0 Å². The number of hydrogen-bond acceptors (Lipinski definition) is 2. The minimum absolute atomic E-state index is 0.774. The van der Waals surface area contributed by atoms with Crippen molar-refractivity contribution in [3.63, 3.8) is 0 Å². The van der Waals surface area contributed by atoms with Crippen molar-refractivity contribution in [2.24, 2.45) is 0 Å². The van der Waals surface area contributed by atoms with Crippen LogP contribution in [0.25, 0.3) is 0 Å². The van der Waals surface area contributed by atoms with E-state index in [9.17, 15) is 53.1 Å². The Balaban J connectivity index is 5.21. The minimum atomic E-state index is -7.44. The molecule has 0 atom stereocenters. The quantitative estimate of drug-likeness (QED) is 0.482. The topological polar surface area (TPSA) is 46.5 Å². The van der Waals surface area contributed by atoms with Gasteiger partial charge in [-0.1, -0.05) is 0 Å². The Morgan fingerprint density at radius 2 is 1.21 bits per heavy atom. The van der Waals surface area contributed by atoms with E-state index in [1.165, 1.54) is 0 Å². The van der Waals surface area contributed by atoms with Crippen LogP contribution in [-0.4, -0.2) is 54.2 Å². The number of halogens is 11. The molecular formula is C10H9F11O3. The van der Waals surface area contributed by atoms with Gasteiger partial charge in [-0.3, -0.25) is 4.79 Å². The highest BCUT2D eigenvalue weighted by Gasteiger charge is 2.86. The molecule has 1 N–H and O–H groups in total. The Kier molecular flexibility index (Phi) is 6.50. The average molecular weight is 386 g/mol. The largest absolute Gasteiger partial charge is 0.481 e. The molecule has 14 heteroatoms. The van der Waals surface area contributed by atoms with Gasteiger partial charge in [0, 0.05) is 6.42 Å². The van der Waals surface area contributed by atoms with E-state index in [0.717, 1.165) is 0 Å². The molecule has 0 aromatic heterocycles. The van der Waals surface area contributed by atoms with E-state index in [1.807, 2.05) is 0 Å². The molecule has 0 saturated heterocycles. The number of rotatable bonds is 9. The fraction of sp³-hybridized carbons (Fsp3) is 0.900. The van der Waals surface area contributed by atoms with Crippen LogP contribution in [0.2, 0.25) is 0 Å². The third-order valence-electron chi connectivity index (χ3n) is 2.62. The first-order valence-corrected chi connectivity index (χ1v) is 5.79. The van der Waals surface area contributed by atoms with Gasteiger partial charge < -0.3 is 9.84 Å². The van der Waals surface area contributed by atoms with Crippen LogP contribution in [-0.2, 0) is 9.53 Å². The van der Waals surface area contributed by atoms with Crippen molar-refractivity contribution in [3.8, 4) is 0 Å². The molecule has 24 heavy (non-hydrogen) atoms. The zero-order valence-corrected chi connectivity index (χ0v) is 11.2. The summed E-state index contributed by atoms with van der Waals surface area (Å²) in [4.78, 5) is 10.0. The Bertz CT molecular complexity index is 444. The van der Waals surface area contributed by atoms with Gasteiger partial charge in [0.2, 0.25) is 0 Å². The lowest BCUT2D eigenvalue weighted by Gasteiger charge is -2.37. The number of ether oxygens (including phenoxy) is 1. The number of carboxylic acid groups (broad SMARTS) is 1. The lowest BCUT2D eigenvalue weighted by atomic mass is 9.96. The summed E-state index contributed by atoms with van der Waals surface area (Å²) in [5, 5.41) is 8.14. The maximum absolute atomic E-state index is 13.1. The molecular weight excluding hydrogens is 377 g/mol. The molecule has 0 radical (unpaired) electrons. The van der Waals surface area contributed by atoms with Gasteiger partial charge in [0.15, 0.2) is 0 Å². The summed E-state index contributed by atoms with van der Waals surface area (Å²) in [5.41, 5.74) is 0. The smallest absolute Gasteiger partial charge is 0.460 e. The Hall–Kier alpha value is -1.34. The highest BCUT2D eigenvalue weighted by atomic mass is 19.4. The van der Waals surface area contributed by atoms with Crippen LogP contribution in [0.15, 0.2) is 0 Å². The van der Waals surface area contributed by atoms with Gasteiger partial charge in [0.25, 0.3) is 0 Å². The van der Waals surface area contributed by atoms with Crippen molar-refractivity contribution >= 4 is 5.97 Å². The molecule has 0 amide bonds. The second-order valence-corrected chi connectivity index (χ2v) is 4.43. The molecule has 0 aliphatic carbocycles. The Morgan fingerprint density at radius 1 is 0.750 bits per heavy atom. The molecule has 0 unspecified atom stereocenters. The Morgan fingerprint density at radius 3 is 1.58 bits per heavy atom. The molecule has 3 nitrogen and oxygen atoms in total. The predicted molar refractivity (Wildman–Crippen MR) is 53.5 cm³/mol. The van der Waals surface area contributed by atoms with Gasteiger partial charge in [-0.2, -0.15) is 48.3 Å². The van der Waals surface area contributed by atoms with Crippen LogP contribution in [0, 0.1) is 0 Å². The zero-order valence-electron chi connectivity index (χ0n) is 11.2. The first kappa shape index (κ1) is 22.7. The predicted octanol–water partition coefficient (Wildman–Crippen LogP) is 3.97. The van der Waals surface area contributed by atoms with E-state index in [-0.39, 0.29) is 0 Å². The molecule has 0 saturated carbocycles. The summed E-state index contributed by atoms with van der Waals surface area (Å²) < 4.78 is 142. The van der Waals surface area contributed by atoms with Gasteiger partial charge in [0.1, 0.15) is 0 Å². The molecule has 0 aliphatic rings. The first-order valence-electron chi connectivity index (χ1n) is 5.79. The molecule has 0 aliphatic heterocycles. The summed E-state index contributed by atoms with van der Waals surface area (Å²) in [6.45, 7) is -2.28. The summed E-state index contributed by atoms with van der Waals surface area (Å²) in [6.07, 6.45) is -10.3. The van der Waals surface area contributed by atoms with E-state index >= 15 is 0 Å². The number of hydrogen-bond donors (Lipinski definition) is 1. The third kappa shape index (κ3) is 4.19. The highest BCUT2D eigenvalue weighted by Crippen LogP contribution is 2.57.